The van der Waals surface area contributed by atoms with Gasteiger partial charge in [-0.1, -0.05) is 13.8 Å². The van der Waals surface area contributed by atoms with Crippen LogP contribution in [0, 0.1) is 0 Å². The number of rotatable bonds is 3. The molecule has 0 heterocycles. The van der Waals surface area contributed by atoms with Crippen LogP contribution in [0.5, 0.6) is 0 Å². The van der Waals surface area contributed by atoms with E-state index in [1.165, 1.54) is 25.7 Å². The normalized spacial score (nSPS) is 28.4. The van der Waals surface area contributed by atoms with E-state index < -0.39 is 0 Å². The minimum Gasteiger partial charge on any atom is -0.373 e. The highest BCUT2D eigenvalue weighted by Gasteiger charge is 2.25. The highest BCUT2D eigenvalue weighted by molar-refractivity contribution is 4.80. The maximum atomic E-state index is 6.00. The Labute approximate surface area is 94.8 Å². The molecule has 1 rings (SSSR count). The van der Waals surface area contributed by atoms with E-state index >= 15 is 0 Å². The van der Waals surface area contributed by atoms with E-state index in [2.05, 4.69) is 39.9 Å². The van der Waals surface area contributed by atoms with Crippen LogP contribution in [0.15, 0.2) is 0 Å². The van der Waals surface area contributed by atoms with Crippen LogP contribution in [0.1, 0.15) is 60.3 Å². The molecule has 2 nitrogen and oxygen atoms in total. The summed E-state index contributed by atoms with van der Waals surface area (Å²) in [6, 6.07) is 1.32. The van der Waals surface area contributed by atoms with Crippen molar-refractivity contribution in [2.24, 2.45) is 0 Å². The topological polar surface area (TPSA) is 21.3 Å². The van der Waals surface area contributed by atoms with Gasteiger partial charge in [-0.15, -0.1) is 0 Å². The zero-order valence-electron chi connectivity index (χ0n) is 11.0. The van der Waals surface area contributed by atoms with Crippen LogP contribution in [-0.4, -0.2) is 23.8 Å². The monoisotopic (exact) mass is 213 g/mol. The summed E-state index contributed by atoms with van der Waals surface area (Å²) in [7, 11) is 0. The van der Waals surface area contributed by atoms with Gasteiger partial charge in [0.25, 0.3) is 0 Å². The molecule has 0 saturated heterocycles. The first-order valence-corrected chi connectivity index (χ1v) is 6.30. The quantitative estimate of drug-likeness (QED) is 0.778. The number of ether oxygens (including phenoxy) is 1. The fourth-order valence-electron chi connectivity index (χ4n) is 2.32. The summed E-state index contributed by atoms with van der Waals surface area (Å²) in [4.78, 5) is 0. The molecule has 1 N–H and O–H groups in total. The Balaban J connectivity index is 2.24. The SMILES string of the molecule is CC(C)NC1CCC(OC(C)(C)C)CC1. The van der Waals surface area contributed by atoms with Gasteiger partial charge < -0.3 is 10.1 Å². The number of hydrogen-bond donors (Lipinski definition) is 1. The molecule has 15 heavy (non-hydrogen) atoms. The highest BCUT2D eigenvalue weighted by atomic mass is 16.5. The third kappa shape index (κ3) is 5.53. The molecule has 0 aliphatic heterocycles. The molecule has 1 aliphatic carbocycles. The first-order valence-electron chi connectivity index (χ1n) is 6.30. The molecule has 1 fully saturated rings. The molecule has 0 spiro atoms. The van der Waals surface area contributed by atoms with Crippen LogP contribution in [0.25, 0.3) is 0 Å². The third-order valence-corrected chi connectivity index (χ3v) is 2.76. The van der Waals surface area contributed by atoms with Gasteiger partial charge in [-0.3, -0.25) is 0 Å². The lowest BCUT2D eigenvalue weighted by Gasteiger charge is -2.34. The van der Waals surface area contributed by atoms with Crippen LogP contribution in [0.2, 0.25) is 0 Å². The molecule has 0 radical (unpaired) electrons. The molecule has 2 heteroatoms. The molecule has 90 valence electrons. The maximum Gasteiger partial charge on any atom is 0.0602 e. The molecule has 1 aliphatic rings. The van der Waals surface area contributed by atoms with Crippen LogP contribution < -0.4 is 5.32 Å². The average molecular weight is 213 g/mol. The minimum absolute atomic E-state index is 0.0168. The van der Waals surface area contributed by atoms with Gasteiger partial charge in [0.15, 0.2) is 0 Å². The molecule has 0 unspecified atom stereocenters. The molecule has 0 atom stereocenters. The molecule has 0 amide bonds. The molecule has 1 saturated carbocycles. The van der Waals surface area contributed by atoms with Gasteiger partial charge in [-0.25, -0.2) is 0 Å². The van der Waals surface area contributed by atoms with E-state index in [-0.39, 0.29) is 5.60 Å². The second-order valence-corrected chi connectivity index (χ2v) is 6.03. The lowest BCUT2D eigenvalue weighted by Crippen LogP contribution is -2.40. The zero-order valence-corrected chi connectivity index (χ0v) is 11.0. The Hall–Kier alpha value is -0.0800. The predicted octanol–water partition coefficient (Wildman–Crippen LogP) is 3.11. The van der Waals surface area contributed by atoms with Crippen molar-refractivity contribution in [3.05, 3.63) is 0 Å². The molecule has 0 aromatic heterocycles. The van der Waals surface area contributed by atoms with Gasteiger partial charge in [0.05, 0.1) is 11.7 Å². The van der Waals surface area contributed by atoms with Gasteiger partial charge >= 0.3 is 0 Å². The predicted molar refractivity (Wildman–Crippen MR) is 65.2 cm³/mol. The summed E-state index contributed by atoms with van der Waals surface area (Å²) in [5.74, 6) is 0. The third-order valence-electron chi connectivity index (χ3n) is 2.76. The minimum atomic E-state index is 0.0168. The Morgan fingerprint density at radius 2 is 1.60 bits per heavy atom. The average Bonchev–Trinajstić information content (AvgIpc) is 2.05. The fourth-order valence-corrected chi connectivity index (χ4v) is 2.32. The second kappa shape index (κ2) is 5.31. The van der Waals surface area contributed by atoms with Gasteiger partial charge in [0.1, 0.15) is 0 Å². The molecular weight excluding hydrogens is 186 g/mol. The summed E-state index contributed by atoms with van der Waals surface area (Å²) < 4.78 is 6.00. The number of nitrogens with one attached hydrogen (secondary N) is 1. The Morgan fingerprint density at radius 1 is 1.07 bits per heavy atom. The van der Waals surface area contributed by atoms with Crippen molar-refractivity contribution in [2.45, 2.75) is 84.1 Å². The molecule has 0 aromatic rings. The van der Waals surface area contributed by atoms with Crippen molar-refractivity contribution in [1.29, 1.82) is 0 Å². The van der Waals surface area contributed by atoms with Crippen molar-refractivity contribution in [2.75, 3.05) is 0 Å². The van der Waals surface area contributed by atoms with Crippen molar-refractivity contribution in [3.8, 4) is 0 Å². The van der Waals surface area contributed by atoms with E-state index in [4.69, 9.17) is 4.74 Å². The smallest absolute Gasteiger partial charge is 0.0602 e. The Bertz CT molecular complexity index is 175. The molecule has 0 aromatic carbocycles. The maximum absolute atomic E-state index is 6.00. The summed E-state index contributed by atoms with van der Waals surface area (Å²) in [5, 5.41) is 3.61. The van der Waals surface area contributed by atoms with Crippen molar-refractivity contribution < 1.29 is 4.74 Å². The summed E-state index contributed by atoms with van der Waals surface area (Å²) in [5.41, 5.74) is 0.0168. The first-order chi connectivity index (χ1) is 6.87. The second-order valence-electron chi connectivity index (χ2n) is 6.03. The van der Waals surface area contributed by atoms with Crippen LogP contribution in [-0.2, 0) is 4.74 Å². The number of hydrogen-bond acceptors (Lipinski definition) is 2. The van der Waals surface area contributed by atoms with Gasteiger partial charge in [-0.2, -0.15) is 0 Å². The van der Waals surface area contributed by atoms with Crippen molar-refractivity contribution in [3.63, 3.8) is 0 Å². The highest BCUT2D eigenvalue weighted by Crippen LogP contribution is 2.25. The standard InChI is InChI=1S/C13H27NO/c1-10(2)14-11-6-8-12(9-7-11)15-13(3,4)5/h10-12,14H,6-9H2,1-5H3. The van der Waals surface area contributed by atoms with Crippen molar-refractivity contribution in [1.82, 2.24) is 5.32 Å². The van der Waals surface area contributed by atoms with E-state index in [0.717, 1.165) is 0 Å². The van der Waals surface area contributed by atoms with E-state index in [9.17, 15) is 0 Å². The fraction of sp³-hybridized carbons (Fsp3) is 1.00. The van der Waals surface area contributed by atoms with Gasteiger partial charge in [0.2, 0.25) is 0 Å². The van der Waals surface area contributed by atoms with E-state index in [1.807, 2.05) is 0 Å². The van der Waals surface area contributed by atoms with E-state index in [1.54, 1.807) is 0 Å². The van der Waals surface area contributed by atoms with Crippen LogP contribution >= 0.6 is 0 Å². The van der Waals surface area contributed by atoms with E-state index in [0.29, 0.717) is 18.2 Å². The summed E-state index contributed by atoms with van der Waals surface area (Å²) in [6.45, 7) is 10.9. The molecule has 0 bridgehead atoms. The largest absolute Gasteiger partial charge is 0.373 e. The van der Waals surface area contributed by atoms with Crippen molar-refractivity contribution >= 4 is 0 Å². The zero-order chi connectivity index (χ0) is 11.5. The molecular formula is C13H27NO. The van der Waals surface area contributed by atoms with Gasteiger partial charge in [0, 0.05) is 12.1 Å². The summed E-state index contributed by atoms with van der Waals surface area (Å²) >= 11 is 0. The lowest BCUT2D eigenvalue weighted by molar-refractivity contribution is -0.0761. The Morgan fingerprint density at radius 3 is 2.00 bits per heavy atom. The van der Waals surface area contributed by atoms with Gasteiger partial charge in [-0.05, 0) is 46.5 Å². The van der Waals surface area contributed by atoms with Crippen LogP contribution in [0.4, 0.5) is 0 Å². The Kier molecular flexibility index (Phi) is 4.60. The first kappa shape index (κ1) is 13.0. The van der Waals surface area contributed by atoms with Crippen LogP contribution in [0.3, 0.4) is 0 Å². The lowest BCUT2D eigenvalue weighted by atomic mass is 9.92. The summed E-state index contributed by atoms with van der Waals surface area (Å²) in [6.07, 6.45) is 5.43.